The van der Waals surface area contributed by atoms with E-state index in [0.29, 0.717) is 0 Å². The zero-order chi connectivity index (χ0) is 6.28. The fourth-order valence-electron chi connectivity index (χ4n) is 0. The van der Waals surface area contributed by atoms with Gasteiger partial charge in [0.15, 0.2) is 0 Å². The van der Waals surface area contributed by atoms with Crippen molar-refractivity contribution in [3.63, 3.8) is 0 Å². The molecule has 0 aliphatic heterocycles. The summed E-state index contributed by atoms with van der Waals surface area (Å²) in [4.78, 5) is 1.42. The standard InChI is InChI=1S/C2BrF2.HI.Zn/c3-1-2(4)5;;/h;1H;/q-1;;+2/p-1. The number of hydrogen-bond acceptors (Lipinski definition) is 0. The Kier molecular flexibility index (Phi) is 16.8. The second-order valence-corrected chi connectivity index (χ2v) is 0.751. The SMILES string of the molecule is FC(F)=[C-]Br.[Zn+][I]. The van der Waals surface area contributed by atoms with Crippen molar-refractivity contribution in [2.45, 2.75) is 0 Å². The first-order valence-electron chi connectivity index (χ1n) is 1.08. The molecule has 7 heavy (non-hydrogen) atoms. The molecule has 0 rings (SSSR count). The Morgan fingerprint density at radius 1 is 1.57 bits per heavy atom. The van der Waals surface area contributed by atoms with Crippen LogP contribution in [0.1, 0.15) is 0 Å². The third kappa shape index (κ3) is 18.6. The van der Waals surface area contributed by atoms with Crippen LogP contribution in [0, 0.1) is 4.99 Å². The van der Waals surface area contributed by atoms with Crippen LogP contribution in [0.4, 0.5) is 8.78 Å². The van der Waals surface area contributed by atoms with E-state index in [1.54, 1.807) is 0 Å². The van der Waals surface area contributed by atoms with Crippen molar-refractivity contribution in [2.24, 2.45) is 0 Å². The molecule has 0 heterocycles. The molecule has 0 amide bonds. The van der Waals surface area contributed by atoms with Gasteiger partial charge in [0, 0.05) is 0 Å². The fourth-order valence-corrected chi connectivity index (χ4v) is 0. The summed E-state index contributed by atoms with van der Waals surface area (Å²) in [6, 6.07) is 0. The van der Waals surface area contributed by atoms with Crippen LogP contribution in [0.15, 0.2) is 6.08 Å². The van der Waals surface area contributed by atoms with Crippen LogP contribution in [-0.2, 0) is 14.8 Å². The summed E-state index contributed by atoms with van der Waals surface area (Å²) in [5.41, 5.74) is 0. The summed E-state index contributed by atoms with van der Waals surface area (Å²) in [5.74, 6) is 0. The molecule has 0 spiro atoms. The number of hydrogen-bond donors (Lipinski definition) is 0. The van der Waals surface area contributed by atoms with E-state index in [2.05, 4.69) is 35.7 Å². The molecule has 0 unspecified atom stereocenters. The van der Waals surface area contributed by atoms with Gasteiger partial charge in [0.2, 0.25) is 0 Å². The topological polar surface area (TPSA) is 0 Å². The molecule has 0 aliphatic carbocycles. The van der Waals surface area contributed by atoms with E-state index in [4.69, 9.17) is 0 Å². The quantitative estimate of drug-likeness (QED) is 0.363. The van der Waals surface area contributed by atoms with Crippen molar-refractivity contribution in [1.29, 1.82) is 0 Å². The Morgan fingerprint density at radius 2 is 1.71 bits per heavy atom. The van der Waals surface area contributed by atoms with Gasteiger partial charge in [-0.1, -0.05) is 0 Å². The summed E-state index contributed by atoms with van der Waals surface area (Å²) in [7, 11) is 0. The molecule has 0 nitrogen and oxygen atoms in total. The molecule has 0 aromatic carbocycles. The van der Waals surface area contributed by atoms with Crippen molar-refractivity contribution < 1.29 is 23.6 Å². The van der Waals surface area contributed by atoms with Crippen molar-refractivity contribution in [2.75, 3.05) is 0 Å². The number of rotatable bonds is 0. The average Bonchev–Trinajstić information content (AvgIpc) is 1.73. The van der Waals surface area contributed by atoms with Crippen LogP contribution < -0.4 is 0 Å². The van der Waals surface area contributed by atoms with Gasteiger partial charge < -0.3 is 20.9 Å². The van der Waals surface area contributed by atoms with Crippen LogP contribution >= 0.6 is 35.7 Å². The molecule has 0 bridgehead atoms. The van der Waals surface area contributed by atoms with E-state index < -0.39 is 6.08 Å². The maximum absolute atomic E-state index is 10.5. The summed E-state index contributed by atoms with van der Waals surface area (Å²) in [6.07, 6.45) is -1.83. The molecule has 0 atom stereocenters. The molecule has 0 radical (unpaired) electrons. The van der Waals surface area contributed by atoms with Gasteiger partial charge in [0.1, 0.15) is 6.08 Å². The molecule has 0 saturated heterocycles. The van der Waals surface area contributed by atoms with E-state index in [9.17, 15) is 8.78 Å². The molecular weight excluding hydrogens is 334 g/mol. The summed E-state index contributed by atoms with van der Waals surface area (Å²) in [6.45, 7) is 0. The van der Waals surface area contributed by atoms with Gasteiger partial charge in [-0.25, -0.2) is 8.78 Å². The van der Waals surface area contributed by atoms with Gasteiger partial charge in [-0.05, 0) is 0 Å². The summed E-state index contributed by atoms with van der Waals surface area (Å²) in [5, 5.41) is 0. The monoisotopic (exact) mass is 332 g/mol. The van der Waals surface area contributed by atoms with Crippen molar-refractivity contribution in [3.8, 4) is 0 Å². The van der Waals surface area contributed by atoms with Crippen LogP contribution in [0.5, 0.6) is 0 Å². The predicted molar refractivity (Wildman–Crippen MR) is 31.9 cm³/mol. The normalized spacial score (nSPS) is 6.00. The first-order chi connectivity index (χ1) is 3.27. The van der Waals surface area contributed by atoms with Gasteiger partial charge in [-0.15, -0.1) is 0 Å². The maximum atomic E-state index is 10.5. The van der Waals surface area contributed by atoms with Crippen molar-refractivity contribution >= 4 is 35.7 Å². The van der Waals surface area contributed by atoms with Crippen molar-refractivity contribution in [3.05, 3.63) is 11.1 Å². The molecule has 0 aromatic rings. The third-order valence-electron chi connectivity index (χ3n) is 0.0714. The third-order valence-corrected chi connectivity index (χ3v) is 0.371. The number of halogens is 4. The van der Waals surface area contributed by atoms with Crippen molar-refractivity contribution in [1.82, 2.24) is 0 Å². The van der Waals surface area contributed by atoms with Crippen LogP contribution in [0.3, 0.4) is 0 Å². The predicted octanol–water partition coefficient (Wildman–Crippen LogP) is 2.81. The Hall–Kier alpha value is 1.43. The Labute approximate surface area is 69.7 Å². The molecule has 0 fully saturated rings. The molecule has 0 saturated carbocycles. The Balaban J connectivity index is 0. The van der Waals surface area contributed by atoms with E-state index in [0.717, 1.165) is 0 Å². The summed E-state index contributed by atoms with van der Waals surface area (Å²) < 4.78 is 21.0. The molecular formula is C2BrF2IZn. The first kappa shape index (κ1) is 11.3. The van der Waals surface area contributed by atoms with E-state index in [1.165, 1.54) is 19.8 Å². The Morgan fingerprint density at radius 3 is 1.71 bits per heavy atom. The van der Waals surface area contributed by atoms with Gasteiger partial charge in [-0.3, -0.25) is 0 Å². The van der Waals surface area contributed by atoms with E-state index in [-0.39, 0.29) is 0 Å². The van der Waals surface area contributed by atoms with E-state index in [1.807, 2.05) is 0 Å². The minimum atomic E-state index is -1.83. The fraction of sp³-hybridized carbons (Fsp3) is 0. The zero-order valence-electron chi connectivity index (χ0n) is 3.22. The molecule has 0 N–H and O–H groups in total. The second-order valence-electron chi connectivity index (χ2n) is 0.355. The molecule has 0 aliphatic rings. The molecule has 0 aromatic heterocycles. The molecule has 5 heteroatoms. The zero-order valence-corrected chi connectivity index (χ0v) is 9.93. The van der Waals surface area contributed by atoms with Crippen LogP contribution in [0.2, 0.25) is 0 Å². The minimum absolute atomic E-state index is 1.34. The first-order valence-corrected chi connectivity index (χ1v) is 10.9. The van der Waals surface area contributed by atoms with E-state index >= 15 is 0 Å². The summed E-state index contributed by atoms with van der Waals surface area (Å²) >= 11 is 5.90. The molecule has 38 valence electrons. The van der Waals surface area contributed by atoms with Gasteiger partial charge in [0.05, 0.1) is 0 Å². The van der Waals surface area contributed by atoms with Gasteiger partial charge in [-0.2, -0.15) is 0 Å². The van der Waals surface area contributed by atoms with Crippen LogP contribution in [0.25, 0.3) is 0 Å². The van der Waals surface area contributed by atoms with Crippen LogP contribution in [-0.4, -0.2) is 0 Å². The second kappa shape index (κ2) is 10.4. The van der Waals surface area contributed by atoms with Gasteiger partial charge >= 0.3 is 34.5 Å². The Bertz CT molecular complexity index is 53.7. The average molecular weight is 334 g/mol. The van der Waals surface area contributed by atoms with Gasteiger partial charge in [0.25, 0.3) is 0 Å².